The number of nitrogens with zero attached hydrogens (tertiary/aromatic N) is 1. The third-order valence-electron chi connectivity index (χ3n) is 3.39. The Morgan fingerprint density at radius 1 is 1.11 bits per heavy atom. The molecule has 0 saturated heterocycles. The summed E-state index contributed by atoms with van der Waals surface area (Å²) < 4.78 is 0.619. The lowest BCUT2D eigenvalue weighted by Gasteiger charge is -2.18. The minimum atomic E-state index is -0.914. The number of fused-ring (bicyclic) bond motifs is 1. The van der Waals surface area contributed by atoms with E-state index in [1.807, 2.05) is 24.3 Å². The molecule has 0 spiro atoms. The highest BCUT2D eigenvalue weighted by atomic mass is 79.9. The van der Waals surface area contributed by atoms with Crippen molar-refractivity contribution in [1.29, 1.82) is 0 Å². The number of hydrogen-bond donors (Lipinski definition) is 1. The minimum Gasteiger partial charge on any atom is -0.478 e. The zero-order valence-electron chi connectivity index (χ0n) is 10.1. The van der Waals surface area contributed by atoms with Gasteiger partial charge in [-0.3, -0.25) is 0 Å². The summed E-state index contributed by atoms with van der Waals surface area (Å²) in [4.78, 5) is 13.2. The first-order valence-corrected chi connectivity index (χ1v) is 6.79. The van der Waals surface area contributed by atoms with Crippen LogP contribution >= 0.6 is 15.9 Å². The maximum absolute atomic E-state index is 11.0. The van der Waals surface area contributed by atoms with Crippen LogP contribution in [0.4, 0.5) is 5.69 Å². The summed E-state index contributed by atoms with van der Waals surface area (Å²) in [7, 11) is 0. The molecule has 1 heterocycles. The zero-order valence-corrected chi connectivity index (χ0v) is 11.7. The number of hydrogen-bond acceptors (Lipinski definition) is 2. The number of anilines is 1. The van der Waals surface area contributed by atoms with Crippen LogP contribution in [0.15, 0.2) is 46.9 Å². The van der Waals surface area contributed by atoms with Crippen molar-refractivity contribution in [1.82, 2.24) is 0 Å². The summed E-state index contributed by atoms with van der Waals surface area (Å²) in [5.41, 5.74) is 4.00. The van der Waals surface area contributed by atoms with Gasteiger partial charge in [-0.05, 0) is 45.3 Å². The van der Waals surface area contributed by atoms with Crippen molar-refractivity contribution < 1.29 is 9.90 Å². The molecule has 0 unspecified atom stereocenters. The van der Waals surface area contributed by atoms with Crippen LogP contribution < -0.4 is 4.90 Å². The van der Waals surface area contributed by atoms with Crippen LogP contribution in [0.2, 0.25) is 0 Å². The predicted molar refractivity (Wildman–Crippen MR) is 77.4 cm³/mol. The molecular weight excluding hydrogens is 306 g/mol. The van der Waals surface area contributed by atoms with Gasteiger partial charge in [0.15, 0.2) is 0 Å². The second-order valence-electron chi connectivity index (χ2n) is 4.59. The molecule has 1 aliphatic rings. The highest BCUT2D eigenvalue weighted by Gasteiger charge is 2.19. The summed E-state index contributed by atoms with van der Waals surface area (Å²) in [6, 6.07) is 13.7. The largest absolute Gasteiger partial charge is 0.478 e. The maximum Gasteiger partial charge on any atom is 0.336 e. The Kier molecular flexibility index (Phi) is 3.03. The monoisotopic (exact) mass is 317 g/mol. The second-order valence-corrected chi connectivity index (χ2v) is 5.45. The smallest absolute Gasteiger partial charge is 0.336 e. The number of rotatable bonds is 2. The molecule has 1 aliphatic heterocycles. The van der Waals surface area contributed by atoms with Crippen LogP contribution in [0, 0.1) is 0 Å². The molecule has 4 heteroatoms. The number of carbonyl (C=O) groups is 1. The van der Waals surface area contributed by atoms with Gasteiger partial charge in [0.05, 0.1) is 5.56 Å². The molecule has 2 aromatic rings. The van der Waals surface area contributed by atoms with Gasteiger partial charge in [-0.25, -0.2) is 4.79 Å². The third-order valence-corrected chi connectivity index (χ3v) is 4.05. The Hall–Kier alpha value is -1.81. The normalized spacial score (nSPS) is 13.4. The lowest BCUT2D eigenvalue weighted by Crippen LogP contribution is -2.14. The average Bonchev–Trinajstić information content (AvgIpc) is 2.81. The SMILES string of the molecule is O=C(O)c1ccc(N2Cc3ccccc3C2)cc1Br. The topological polar surface area (TPSA) is 40.5 Å². The summed E-state index contributed by atoms with van der Waals surface area (Å²) >= 11 is 3.32. The van der Waals surface area contributed by atoms with Crippen molar-refractivity contribution in [2.75, 3.05) is 4.90 Å². The van der Waals surface area contributed by atoms with Crippen molar-refractivity contribution in [3.63, 3.8) is 0 Å². The van der Waals surface area contributed by atoms with Crippen molar-refractivity contribution in [2.45, 2.75) is 13.1 Å². The lowest BCUT2D eigenvalue weighted by molar-refractivity contribution is 0.0696. The van der Waals surface area contributed by atoms with Gasteiger partial charge in [0, 0.05) is 23.2 Å². The number of carboxylic acid groups (broad SMARTS) is 1. The van der Waals surface area contributed by atoms with E-state index in [4.69, 9.17) is 5.11 Å². The minimum absolute atomic E-state index is 0.292. The number of halogens is 1. The number of benzene rings is 2. The van der Waals surface area contributed by atoms with Crippen molar-refractivity contribution in [2.24, 2.45) is 0 Å². The molecule has 0 fully saturated rings. The second kappa shape index (κ2) is 4.70. The third kappa shape index (κ3) is 2.24. The van der Waals surface area contributed by atoms with Gasteiger partial charge in [-0.15, -0.1) is 0 Å². The van der Waals surface area contributed by atoms with Crippen LogP contribution in [0.5, 0.6) is 0 Å². The van der Waals surface area contributed by atoms with Crippen LogP contribution in [-0.4, -0.2) is 11.1 Å². The van der Waals surface area contributed by atoms with Crippen molar-refractivity contribution >= 4 is 27.6 Å². The van der Waals surface area contributed by atoms with E-state index in [0.29, 0.717) is 10.0 Å². The molecule has 0 saturated carbocycles. The van der Waals surface area contributed by atoms with Gasteiger partial charge in [-0.1, -0.05) is 24.3 Å². The maximum atomic E-state index is 11.0. The summed E-state index contributed by atoms with van der Waals surface area (Å²) in [5, 5.41) is 9.02. The van der Waals surface area contributed by atoms with E-state index in [1.54, 1.807) is 6.07 Å². The van der Waals surface area contributed by atoms with Crippen molar-refractivity contribution in [3.05, 3.63) is 63.6 Å². The molecule has 96 valence electrons. The van der Waals surface area contributed by atoms with E-state index in [1.165, 1.54) is 11.1 Å². The Morgan fingerprint density at radius 3 is 2.26 bits per heavy atom. The molecule has 0 amide bonds. The molecule has 0 atom stereocenters. The Balaban J connectivity index is 1.90. The molecule has 3 rings (SSSR count). The Morgan fingerprint density at radius 2 is 1.74 bits per heavy atom. The molecule has 3 nitrogen and oxygen atoms in total. The van der Waals surface area contributed by atoms with Crippen LogP contribution in [0.25, 0.3) is 0 Å². The van der Waals surface area contributed by atoms with Crippen LogP contribution in [0.3, 0.4) is 0 Å². The number of aromatic carboxylic acids is 1. The molecule has 0 aromatic heterocycles. The molecule has 0 aliphatic carbocycles. The fourth-order valence-electron chi connectivity index (χ4n) is 2.39. The van der Waals surface area contributed by atoms with Crippen LogP contribution in [-0.2, 0) is 13.1 Å². The fraction of sp³-hybridized carbons (Fsp3) is 0.133. The van der Waals surface area contributed by atoms with Gasteiger partial charge in [0.1, 0.15) is 0 Å². The molecular formula is C15H12BrNO2. The van der Waals surface area contributed by atoms with E-state index >= 15 is 0 Å². The summed E-state index contributed by atoms with van der Waals surface area (Å²) in [6.45, 7) is 1.74. The summed E-state index contributed by atoms with van der Waals surface area (Å²) in [6.07, 6.45) is 0. The van der Waals surface area contributed by atoms with E-state index < -0.39 is 5.97 Å². The highest BCUT2D eigenvalue weighted by molar-refractivity contribution is 9.10. The lowest BCUT2D eigenvalue weighted by atomic mass is 10.1. The molecule has 0 bridgehead atoms. The van der Waals surface area contributed by atoms with Gasteiger partial charge < -0.3 is 10.0 Å². The number of carboxylic acids is 1. The van der Waals surface area contributed by atoms with E-state index in [9.17, 15) is 4.79 Å². The Labute approximate surface area is 119 Å². The standard InChI is InChI=1S/C15H12BrNO2/c16-14-7-12(5-6-13(14)15(18)19)17-8-10-3-1-2-4-11(10)9-17/h1-7H,8-9H2,(H,18,19). The van der Waals surface area contributed by atoms with Gasteiger partial charge >= 0.3 is 5.97 Å². The van der Waals surface area contributed by atoms with Gasteiger partial charge in [0.2, 0.25) is 0 Å². The molecule has 1 N–H and O–H groups in total. The first kappa shape index (κ1) is 12.2. The molecule has 0 radical (unpaired) electrons. The Bertz CT molecular complexity index is 629. The van der Waals surface area contributed by atoms with Gasteiger partial charge in [0.25, 0.3) is 0 Å². The van der Waals surface area contributed by atoms with E-state index in [0.717, 1.165) is 18.8 Å². The van der Waals surface area contributed by atoms with Gasteiger partial charge in [-0.2, -0.15) is 0 Å². The first-order chi connectivity index (χ1) is 9.15. The van der Waals surface area contributed by atoms with E-state index in [-0.39, 0.29) is 0 Å². The molecule has 2 aromatic carbocycles. The fourth-order valence-corrected chi connectivity index (χ4v) is 2.93. The quantitative estimate of drug-likeness (QED) is 0.918. The zero-order chi connectivity index (χ0) is 13.4. The average molecular weight is 318 g/mol. The van der Waals surface area contributed by atoms with E-state index in [2.05, 4.69) is 33.0 Å². The van der Waals surface area contributed by atoms with Crippen LogP contribution in [0.1, 0.15) is 21.5 Å². The highest BCUT2D eigenvalue weighted by Crippen LogP contribution is 2.31. The predicted octanol–water partition coefficient (Wildman–Crippen LogP) is 3.67. The summed E-state index contributed by atoms with van der Waals surface area (Å²) in [5.74, 6) is -0.914. The van der Waals surface area contributed by atoms with Crippen molar-refractivity contribution in [3.8, 4) is 0 Å². The molecule has 19 heavy (non-hydrogen) atoms. The first-order valence-electron chi connectivity index (χ1n) is 6.00.